The molecule has 0 radical (unpaired) electrons. The number of hydrogen-bond donors (Lipinski definition) is 1. The summed E-state index contributed by atoms with van der Waals surface area (Å²) in [6.45, 7) is 7.91. The van der Waals surface area contributed by atoms with Crippen molar-refractivity contribution in [1.29, 1.82) is 0 Å². The van der Waals surface area contributed by atoms with E-state index in [4.69, 9.17) is 0 Å². The SMILES string of the molecule is CC(C)=Cc1c(C(=O)O)cnn1-c1cccc(C)c1C. The van der Waals surface area contributed by atoms with Crippen LogP contribution in [0, 0.1) is 13.8 Å². The molecule has 0 atom stereocenters. The zero-order valence-electron chi connectivity index (χ0n) is 12.1. The normalized spacial score (nSPS) is 10.4. The van der Waals surface area contributed by atoms with E-state index in [0.29, 0.717) is 5.69 Å². The van der Waals surface area contributed by atoms with Crippen molar-refractivity contribution in [3.05, 3.63) is 52.4 Å². The molecule has 4 nitrogen and oxygen atoms in total. The summed E-state index contributed by atoms with van der Waals surface area (Å²) < 4.78 is 1.69. The molecule has 2 aromatic rings. The molecule has 0 aliphatic heterocycles. The van der Waals surface area contributed by atoms with E-state index in [1.165, 1.54) is 6.20 Å². The summed E-state index contributed by atoms with van der Waals surface area (Å²) in [6.07, 6.45) is 3.25. The number of aryl methyl sites for hydroxylation is 1. The van der Waals surface area contributed by atoms with Crippen LogP contribution in [0.15, 0.2) is 30.0 Å². The molecular formula is C16H18N2O2. The second kappa shape index (κ2) is 5.33. The van der Waals surface area contributed by atoms with E-state index in [-0.39, 0.29) is 5.56 Å². The molecule has 0 aliphatic carbocycles. The van der Waals surface area contributed by atoms with Crippen LogP contribution in [-0.4, -0.2) is 20.9 Å². The Labute approximate surface area is 118 Å². The average Bonchev–Trinajstić information content (AvgIpc) is 2.75. The Balaban J connectivity index is 2.72. The van der Waals surface area contributed by atoms with Crippen LogP contribution in [-0.2, 0) is 0 Å². The number of allylic oxidation sites excluding steroid dienone is 1. The quantitative estimate of drug-likeness (QED) is 0.927. The summed E-state index contributed by atoms with van der Waals surface area (Å²) in [5.74, 6) is -0.964. The van der Waals surface area contributed by atoms with Gasteiger partial charge in [0.15, 0.2) is 0 Å². The molecule has 20 heavy (non-hydrogen) atoms. The van der Waals surface area contributed by atoms with Gasteiger partial charge in [-0.05, 0) is 51.0 Å². The van der Waals surface area contributed by atoms with Crippen molar-refractivity contribution >= 4 is 12.0 Å². The molecule has 1 N–H and O–H groups in total. The van der Waals surface area contributed by atoms with Crippen LogP contribution in [0.2, 0.25) is 0 Å². The van der Waals surface area contributed by atoms with E-state index in [1.807, 2.05) is 52.0 Å². The Hall–Kier alpha value is -2.36. The van der Waals surface area contributed by atoms with Gasteiger partial charge in [-0.15, -0.1) is 0 Å². The Morgan fingerprint density at radius 3 is 2.60 bits per heavy atom. The number of nitrogens with zero attached hydrogens (tertiary/aromatic N) is 2. The molecule has 0 saturated carbocycles. The highest BCUT2D eigenvalue weighted by Gasteiger charge is 2.17. The van der Waals surface area contributed by atoms with Gasteiger partial charge in [-0.2, -0.15) is 5.10 Å². The average molecular weight is 270 g/mol. The monoisotopic (exact) mass is 270 g/mol. The molecule has 1 heterocycles. The molecular weight excluding hydrogens is 252 g/mol. The smallest absolute Gasteiger partial charge is 0.339 e. The second-order valence-electron chi connectivity index (χ2n) is 5.10. The van der Waals surface area contributed by atoms with E-state index < -0.39 is 5.97 Å². The van der Waals surface area contributed by atoms with Crippen molar-refractivity contribution in [3.63, 3.8) is 0 Å². The summed E-state index contributed by atoms with van der Waals surface area (Å²) >= 11 is 0. The van der Waals surface area contributed by atoms with E-state index in [0.717, 1.165) is 22.4 Å². The van der Waals surface area contributed by atoms with Crippen molar-refractivity contribution in [2.24, 2.45) is 0 Å². The van der Waals surface area contributed by atoms with Crippen LogP contribution in [0.5, 0.6) is 0 Å². The van der Waals surface area contributed by atoms with Crippen molar-refractivity contribution in [1.82, 2.24) is 9.78 Å². The van der Waals surface area contributed by atoms with E-state index >= 15 is 0 Å². The number of benzene rings is 1. The zero-order chi connectivity index (χ0) is 14.9. The summed E-state index contributed by atoms with van der Waals surface area (Å²) in [7, 11) is 0. The lowest BCUT2D eigenvalue weighted by molar-refractivity contribution is 0.0696. The highest BCUT2D eigenvalue weighted by Crippen LogP contribution is 2.22. The first-order valence-electron chi connectivity index (χ1n) is 6.44. The summed E-state index contributed by atoms with van der Waals surface area (Å²) in [6, 6.07) is 5.93. The van der Waals surface area contributed by atoms with Gasteiger partial charge in [0.1, 0.15) is 5.56 Å². The Morgan fingerprint density at radius 2 is 2.00 bits per heavy atom. The molecule has 1 aromatic carbocycles. The lowest BCUT2D eigenvalue weighted by Crippen LogP contribution is -2.05. The molecule has 0 spiro atoms. The molecule has 4 heteroatoms. The maximum absolute atomic E-state index is 11.3. The van der Waals surface area contributed by atoms with Gasteiger partial charge in [0, 0.05) is 0 Å². The number of rotatable bonds is 3. The first kappa shape index (κ1) is 14.1. The summed E-state index contributed by atoms with van der Waals surface area (Å²) in [4.78, 5) is 11.3. The van der Waals surface area contributed by atoms with Crippen molar-refractivity contribution in [2.75, 3.05) is 0 Å². The highest BCUT2D eigenvalue weighted by atomic mass is 16.4. The molecule has 0 fully saturated rings. The summed E-state index contributed by atoms with van der Waals surface area (Å²) in [5.41, 5.74) is 5.00. The molecule has 0 aliphatic rings. The molecule has 0 unspecified atom stereocenters. The van der Waals surface area contributed by atoms with Gasteiger partial charge in [0.05, 0.1) is 17.6 Å². The van der Waals surface area contributed by atoms with E-state index in [9.17, 15) is 9.90 Å². The minimum absolute atomic E-state index is 0.215. The Kier molecular flexibility index (Phi) is 3.74. The third-order valence-corrected chi connectivity index (χ3v) is 3.27. The van der Waals surface area contributed by atoms with Gasteiger partial charge < -0.3 is 5.11 Å². The molecule has 2 rings (SSSR count). The van der Waals surface area contributed by atoms with Gasteiger partial charge in [0.25, 0.3) is 0 Å². The molecule has 104 valence electrons. The number of carboxylic acid groups (broad SMARTS) is 1. The topological polar surface area (TPSA) is 55.1 Å². The minimum Gasteiger partial charge on any atom is -0.478 e. The van der Waals surface area contributed by atoms with Gasteiger partial charge in [-0.1, -0.05) is 17.7 Å². The second-order valence-corrected chi connectivity index (χ2v) is 5.10. The van der Waals surface area contributed by atoms with Crippen molar-refractivity contribution in [2.45, 2.75) is 27.7 Å². The number of carboxylic acids is 1. The van der Waals surface area contributed by atoms with Crippen molar-refractivity contribution in [3.8, 4) is 5.69 Å². The lowest BCUT2D eigenvalue weighted by atomic mass is 10.1. The largest absolute Gasteiger partial charge is 0.478 e. The Morgan fingerprint density at radius 1 is 1.30 bits per heavy atom. The fourth-order valence-electron chi connectivity index (χ4n) is 2.09. The van der Waals surface area contributed by atoms with Crippen LogP contribution >= 0.6 is 0 Å². The number of aromatic carboxylic acids is 1. The number of hydrogen-bond acceptors (Lipinski definition) is 2. The third kappa shape index (κ3) is 2.50. The minimum atomic E-state index is -0.964. The molecule has 0 amide bonds. The maximum Gasteiger partial charge on any atom is 0.339 e. The zero-order valence-corrected chi connectivity index (χ0v) is 12.1. The first-order valence-corrected chi connectivity index (χ1v) is 6.44. The Bertz CT molecular complexity index is 692. The van der Waals surface area contributed by atoms with Gasteiger partial charge in [-0.25, -0.2) is 9.48 Å². The number of carbonyl (C=O) groups is 1. The van der Waals surface area contributed by atoms with E-state index in [2.05, 4.69) is 5.10 Å². The standard InChI is InChI=1S/C16H18N2O2/c1-10(2)8-15-13(16(19)20)9-17-18(15)14-7-5-6-11(3)12(14)4/h5-9H,1-4H3,(H,19,20). The first-order chi connectivity index (χ1) is 9.41. The van der Waals surface area contributed by atoms with Gasteiger partial charge in [-0.3, -0.25) is 0 Å². The van der Waals surface area contributed by atoms with Crippen molar-refractivity contribution < 1.29 is 9.90 Å². The maximum atomic E-state index is 11.3. The molecule has 1 aromatic heterocycles. The van der Waals surface area contributed by atoms with E-state index in [1.54, 1.807) is 4.68 Å². The predicted octanol–water partition coefficient (Wildman–Crippen LogP) is 3.61. The van der Waals surface area contributed by atoms with Gasteiger partial charge >= 0.3 is 5.97 Å². The fraction of sp³-hybridized carbons (Fsp3) is 0.250. The summed E-state index contributed by atoms with van der Waals surface area (Å²) in [5, 5.41) is 13.5. The van der Waals surface area contributed by atoms with Crippen LogP contribution < -0.4 is 0 Å². The number of aromatic nitrogens is 2. The predicted molar refractivity (Wildman–Crippen MR) is 79.3 cm³/mol. The lowest BCUT2D eigenvalue weighted by Gasteiger charge is -2.11. The molecule has 0 saturated heterocycles. The van der Waals surface area contributed by atoms with Crippen LogP contribution in [0.3, 0.4) is 0 Å². The highest BCUT2D eigenvalue weighted by molar-refractivity contribution is 5.91. The van der Waals surface area contributed by atoms with Crippen LogP contribution in [0.4, 0.5) is 0 Å². The van der Waals surface area contributed by atoms with Gasteiger partial charge in [0.2, 0.25) is 0 Å². The fourth-order valence-corrected chi connectivity index (χ4v) is 2.09. The van der Waals surface area contributed by atoms with Crippen LogP contribution in [0.1, 0.15) is 41.0 Å². The molecule has 0 bridgehead atoms. The third-order valence-electron chi connectivity index (χ3n) is 3.27. The van der Waals surface area contributed by atoms with Crippen LogP contribution in [0.25, 0.3) is 11.8 Å².